The van der Waals surface area contributed by atoms with Crippen LogP contribution < -0.4 is 5.32 Å². The Bertz CT molecular complexity index is 625. The maximum absolute atomic E-state index is 11.9. The second-order valence-electron chi connectivity index (χ2n) is 5.97. The number of anilines is 1. The van der Waals surface area contributed by atoms with Gasteiger partial charge < -0.3 is 14.8 Å². The molecule has 1 atom stereocenters. The van der Waals surface area contributed by atoms with Gasteiger partial charge in [-0.25, -0.2) is 4.79 Å². The van der Waals surface area contributed by atoms with Gasteiger partial charge in [-0.05, 0) is 26.0 Å². The number of cyclic esters (lactones) is 1. The summed E-state index contributed by atoms with van der Waals surface area (Å²) in [7, 11) is 0. The number of esters is 1. The Morgan fingerprint density at radius 3 is 2.90 bits per heavy atom. The molecule has 0 saturated heterocycles. The average Bonchev–Trinajstić information content (AvgIpc) is 2.90. The van der Waals surface area contributed by atoms with Gasteiger partial charge in [0, 0.05) is 17.0 Å². The zero-order valence-electron chi connectivity index (χ0n) is 11.4. The first kappa shape index (κ1) is 12.1. The van der Waals surface area contributed by atoms with Crippen LogP contribution in [-0.2, 0) is 14.3 Å². The molecule has 0 amide bonds. The number of fused-ring (bicyclic) bond motifs is 2. The summed E-state index contributed by atoms with van der Waals surface area (Å²) in [6, 6.07) is 8.21. The van der Waals surface area contributed by atoms with Crippen molar-refractivity contribution in [2.24, 2.45) is 0 Å². The number of benzene rings is 1. The van der Waals surface area contributed by atoms with E-state index >= 15 is 0 Å². The van der Waals surface area contributed by atoms with Crippen LogP contribution in [0.1, 0.15) is 20.3 Å². The first-order chi connectivity index (χ1) is 9.49. The molecule has 1 aromatic carbocycles. The third kappa shape index (κ3) is 1.59. The molecule has 20 heavy (non-hydrogen) atoms. The number of carbonyl (C=O) groups excluding carboxylic acids is 1. The Morgan fingerprint density at radius 1 is 1.30 bits per heavy atom. The SMILES string of the molecule is CC1(C)CC2(Nc3ccccc3S2)C2=C(O1)C(=O)OC2. The number of rotatable bonds is 0. The normalized spacial score (nSPS) is 29.6. The summed E-state index contributed by atoms with van der Waals surface area (Å²) in [6.07, 6.45) is 0.787. The lowest BCUT2D eigenvalue weighted by Crippen LogP contribution is -2.47. The Hall–Kier alpha value is -1.62. The van der Waals surface area contributed by atoms with Crippen molar-refractivity contribution in [2.45, 2.75) is 35.6 Å². The summed E-state index contributed by atoms with van der Waals surface area (Å²) in [5.41, 5.74) is 1.65. The number of nitrogens with one attached hydrogen (secondary N) is 1. The van der Waals surface area contributed by atoms with Crippen molar-refractivity contribution in [1.82, 2.24) is 0 Å². The van der Waals surface area contributed by atoms with Crippen LogP contribution in [0.15, 0.2) is 40.5 Å². The van der Waals surface area contributed by atoms with Gasteiger partial charge in [-0.15, -0.1) is 0 Å². The van der Waals surface area contributed by atoms with Crippen molar-refractivity contribution in [3.05, 3.63) is 35.6 Å². The molecule has 0 saturated carbocycles. The first-order valence-corrected chi connectivity index (χ1v) is 7.47. The number of ether oxygens (including phenoxy) is 2. The van der Waals surface area contributed by atoms with Crippen molar-refractivity contribution < 1.29 is 14.3 Å². The molecule has 4 rings (SSSR count). The maximum Gasteiger partial charge on any atom is 0.374 e. The number of hydrogen-bond acceptors (Lipinski definition) is 5. The lowest BCUT2D eigenvalue weighted by Gasteiger charge is -2.42. The van der Waals surface area contributed by atoms with E-state index in [2.05, 4.69) is 17.4 Å². The molecule has 104 valence electrons. The fourth-order valence-corrected chi connectivity index (χ4v) is 4.73. The van der Waals surface area contributed by atoms with E-state index in [4.69, 9.17) is 9.47 Å². The molecule has 4 nitrogen and oxygen atoms in total. The summed E-state index contributed by atoms with van der Waals surface area (Å²) in [5, 5.41) is 3.59. The second kappa shape index (κ2) is 3.73. The largest absolute Gasteiger partial charge is 0.480 e. The van der Waals surface area contributed by atoms with Gasteiger partial charge in [-0.3, -0.25) is 0 Å². The molecular weight excluding hydrogens is 274 g/mol. The zero-order chi connectivity index (χ0) is 14.0. The van der Waals surface area contributed by atoms with Gasteiger partial charge in [0.2, 0.25) is 5.76 Å². The Morgan fingerprint density at radius 2 is 2.10 bits per heavy atom. The highest BCUT2D eigenvalue weighted by Gasteiger charge is 2.54. The Kier molecular flexibility index (Phi) is 2.26. The van der Waals surface area contributed by atoms with Gasteiger partial charge >= 0.3 is 5.97 Å². The number of hydrogen-bond donors (Lipinski definition) is 1. The quantitative estimate of drug-likeness (QED) is 0.744. The minimum Gasteiger partial charge on any atom is -0.480 e. The first-order valence-electron chi connectivity index (χ1n) is 6.65. The van der Waals surface area contributed by atoms with Crippen LogP contribution in [0.5, 0.6) is 0 Å². The van der Waals surface area contributed by atoms with E-state index in [-0.39, 0.29) is 10.8 Å². The minimum atomic E-state index is -0.399. The van der Waals surface area contributed by atoms with Crippen LogP contribution in [0.3, 0.4) is 0 Å². The highest BCUT2D eigenvalue weighted by molar-refractivity contribution is 8.01. The number of carbonyl (C=O) groups is 1. The molecular formula is C15H15NO3S. The molecule has 0 fully saturated rings. The predicted octanol–water partition coefficient (Wildman–Crippen LogP) is 2.91. The molecule has 0 radical (unpaired) electrons. The van der Waals surface area contributed by atoms with Crippen LogP contribution in [-0.4, -0.2) is 23.0 Å². The molecule has 1 spiro atoms. The second-order valence-corrected chi connectivity index (χ2v) is 7.31. The third-order valence-electron chi connectivity index (χ3n) is 3.86. The number of thioether (sulfide) groups is 1. The van der Waals surface area contributed by atoms with Gasteiger partial charge in [0.05, 0.1) is 5.57 Å². The molecule has 3 aliphatic rings. The summed E-state index contributed by atoms with van der Waals surface area (Å²) in [6.45, 7) is 4.34. The molecule has 1 unspecified atom stereocenters. The maximum atomic E-state index is 11.9. The molecule has 1 N–H and O–H groups in total. The molecule has 0 aromatic heterocycles. The predicted molar refractivity (Wildman–Crippen MR) is 76.4 cm³/mol. The van der Waals surface area contributed by atoms with Crippen molar-refractivity contribution in [3.8, 4) is 0 Å². The van der Waals surface area contributed by atoms with Crippen LogP contribution in [0, 0.1) is 0 Å². The molecule has 3 heterocycles. The average molecular weight is 289 g/mol. The summed E-state index contributed by atoms with van der Waals surface area (Å²) >= 11 is 1.76. The van der Waals surface area contributed by atoms with Gasteiger partial charge in [0.1, 0.15) is 17.1 Å². The van der Waals surface area contributed by atoms with Crippen LogP contribution in [0.2, 0.25) is 0 Å². The van der Waals surface area contributed by atoms with Crippen molar-refractivity contribution >= 4 is 23.4 Å². The molecule has 0 bridgehead atoms. The van der Waals surface area contributed by atoms with E-state index in [9.17, 15) is 4.79 Å². The molecule has 0 aliphatic carbocycles. The fraction of sp³-hybridized carbons (Fsp3) is 0.400. The highest BCUT2D eigenvalue weighted by Crippen LogP contribution is 2.56. The van der Waals surface area contributed by atoms with Gasteiger partial charge in [0.25, 0.3) is 0 Å². The van der Waals surface area contributed by atoms with Crippen LogP contribution in [0.4, 0.5) is 5.69 Å². The summed E-state index contributed by atoms with van der Waals surface area (Å²) in [5.74, 6) is 0.0552. The molecule has 1 aromatic rings. The number of para-hydroxylation sites is 1. The van der Waals surface area contributed by atoms with Gasteiger partial charge in [-0.1, -0.05) is 23.9 Å². The fourth-order valence-electron chi connectivity index (χ4n) is 3.12. The van der Waals surface area contributed by atoms with Crippen LogP contribution in [0.25, 0.3) is 0 Å². The van der Waals surface area contributed by atoms with E-state index < -0.39 is 5.60 Å². The lowest BCUT2D eigenvalue weighted by atomic mass is 9.89. The summed E-state index contributed by atoms with van der Waals surface area (Å²) in [4.78, 5) is 12.7. The smallest absolute Gasteiger partial charge is 0.374 e. The van der Waals surface area contributed by atoms with Gasteiger partial charge in [0.15, 0.2) is 0 Å². The zero-order valence-corrected chi connectivity index (χ0v) is 12.2. The minimum absolute atomic E-state index is 0.318. The van der Waals surface area contributed by atoms with Crippen LogP contribution >= 0.6 is 11.8 Å². The topological polar surface area (TPSA) is 47.6 Å². The van der Waals surface area contributed by atoms with Gasteiger partial charge in [-0.2, -0.15) is 0 Å². The standard InChI is InChI=1S/C15H15NO3S/c1-14(2)8-15(9-7-18-13(17)12(9)19-14)16-10-5-3-4-6-11(10)20-15/h3-6,16H,7-8H2,1-2H3. The van der Waals surface area contributed by atoms with E-state index in [0.717, 1.165) is 17.7 Å². The van der Waals surface area contributed by atoms with Crippen molar-refractivity contribution in [1.29, 1.82) is 0 Å². The Balaban J connectivity index is 1.84. The van der Waals surface area contributed by atoms with E-state index in [1.807, 2.05) is 26.0 Å². The molecule has 3 aliphatic heterocycles. The van der Waals surface area contributed by atoms with E-state index in [1.54, 1.807) is 11.8 Å². The third-order valence-corrected chi connectivity index (χ3v) is 5.27. The highest BCUT2D eigenvalue weighted by atomic mass is 32.2. The molecule has 5 heteroatoms. The summed E-state index contributed by atoms with van der Waals surface area (Å²) < 4.78 is 11.0. The lowest BCUT2D eigenvalue weighted by molar-refractivity contribution is -0.141. The van der Waals surface area contributed by atoms with Crippen molar-refractivity contribution in [3.63, 3.8) is 0 Å². The monoisotopic (exact) mass is 289 g/mol. The van der Waals surface area contributed by atoms with Crippen molar-refractivity contribution in [2.75, 3.05) is 11.9 Å². The van der Waals surface area contributed by atoms with E-state index in [1.165, 1.54) is 4.90 Å². The Labute approximate surface area is 121 Å². The van der Waals surface area contributed by atoms with E-state index in [0.29, 0.717) is 12.4 Å².